The minimum absolute atomic E-state index is 0.0324. The first-order valence-electron chi connectivity index (χ1n) is 4.16. The standard InChI is InChI=1S/C9H18BNO/c1-8(2,3)7(12)11(10)9(4,5)6/h1-6H3. The molecule has 0 aliphatic rings. The molecule has 0 aromatic heterocycles. The van der Waals surface area contributed by atoms with E-state index in [-0.39, 0.29) is 11.4 Å². The van der Waals surface area contributed by atoms with Gasteiger partial charge in [-0.3, -0.25) is 4.79 Å². The van der Waals surface area contributed by atoms with Gasteiger partial charge in [0.25, 0.3) is 0 Å². The predicted octanol–water partition coefficient (Wildman–Crippen LogP) is 1.74. The molecular weight excluding hydrogens is 149 g/mol. The zero-order valence-electron chi connectivity index (χ0n) is 8.93. The molecule has 0 N–H and O–H groups in total. The van der Waals surface area contributed by atoms with Gasteiger partial charge >= 0.3 is 0 Å². The minimum atomic E-state index is -0.401. The van der Waals surface area contributed by atoms with E-state index in [0.29, 0.717) is 0 Å². The molecular formula is C9H18BNO. The van der Waals surface area contributed by atoms with Gasteiger partial charge in [0.2, 0.25) is 13.9 Å². The van der Waals surface area contributed by atoms with E-state index in [2.05, 4.69) is 0 Å². The Morgan fingerprint density at radius 2 is 1.42 bits per heavy atom. The normalized spacial score (nSPS) is 12.8. The fraction of sp³-hybridized carbons (Fsp3) is 0.889. The first kappa shape index (κ1) is 11.5. The summed E-state index contributed by atoms with van der Waals surface area (Å²) in [7, 11) is 5.66. The van der Waals surface area contributed by atoms with Gasteiger partial charge in [0.15, 0.2) is 0 Å². The van der Waals surface area contributed by atoms with E-state index in [0.717, 1.165) is 0 Å². The van der Waals surface area contributed by atoms with E-state index in [1.54, 1.807) is 0 Å². The zero-order valence-corrected chi connectivity index (χ0v) is 8.93. The Morgan fingerprint density at radius 1 is 1.08 bits per heavy atom. The molecule has 12 heavy (non-hydrogen) atoms. The molecule has 0 saturated heterocycles. The molecule has 0 bridgehead atoms. The monoisotopic (exact) mass is 167 g/mol. The molecule has 0 fully saturated rings. The maximum absolute atomic E-state index is 11.6. The minimum Gasteiger partial charge on any atom is -0.392 e. The molecule has 0 aromatic carbocycles. The molecule has 0 spiro atoms. The highest BCUT2D eigenvalue weighted by Crippen LogP contribution is 2.21. The summed E-state index contributed by atoms with van der Waals surface area (Å²) in [4.78, 5) is 12.9. The molecule has 3 heteroatoms. The predicted molar refractivity (Wildman–Crippen MR) is 51.8 cm³/mol. The van der Waals surface area contributed by atoms with Crippen LogP contribution >= 0.6 is 0 Å². The highest BCUT2D eigenvalue weighted by molar-refractivity contribution is 6.15. The molecule has 68 valence electrons. The molecule has 2 nitrogen and oxygen atoms in total. The fourth-order valence-corrected chi connectivity index (χ4v) is 0.666. The maximum Gasteiger partial charge on any atom is 0.231 e. The van der Waals surface area contributed by atoms with Crippen molar-refractivity contribution >= 4 is 13.9 Å². The van der Waals surface area contributed by atoms with Crippen LogP contribution in [0.4, 0.5) is 0 Å². The molecule has 0 aromatic rings. The van der Waals surface area contributed by atoms with Gasteiger partial charge in [-0.2, -0.15) is 0 Å². The summed E-state index contributed by atoms with van der Waals surface area (Å²) in [5.41, 5.74) is -0.702. The van der Waals surface area contributed by atoms with Crippen molar-refractivity contribution in [3.05, 3.63) is 0 Å². The Bertz CT molecular complexity index is 176. The summed E-state index contributed by atoms with van der Waals surface area (Å²) in [6, 6.07) is 0. The van der Waals surface area contributed by atoms with Gasteiger partial charge in [-0.25, -0.2) is 0 Å². The summed E-state index contributed by atoms with van der Waals surface area (Å²) >= 11 is 0. The van der Waals surface area contributed by atoms with Crippen molar-refractivity contribution in [2.24, 2.45) is 5.41 Å². The highest BCUT2D eigenvalue weighted by atomic mass is 16.2. The van der Waals surface area contributed by atoms with Crippen molar-refractivity contribution in [2.75, 3.05) is 0 Å². The molecule has 0 unspecified atom stereocenters. The van der Waals surface area contributed by atoms with E-state index in [1.165, 1.54) is 4.81 Å². The largest absolute Gasteiger partial charge is 0.392 e. The van der Waals surface area contributed by atoms with Crippen LogP contribution < -0.4 is 0 Å². The number of hydrogen-bond acceptors (Lipinski definition) is 1. The molecule has 0 aliphatic heterocycles. The number of rotatable bonds is 0. The third kappa shape index (κ3) is 2.88. The number of amides is 1. The zero-order chi connectivity index (χ0) is 10.2. The van der Waals surface area contributed by atoms with Crippen LogP contribution in [0.25, 0.3) is 0 Å². The SMILES string of the molecule is [B]N(C(=O)C(C)(C)C)C(C)(C)C. The number of hydrogen-bond donors (Lipinski definition) is 0. The lowest BCUT2D eigenvalue weighted by Gasteiger charge is -2.37. The smallest absolute Gasteiger partial charge is 0.231 e. The van der Waals surface area contributed by atoms with Crippen LogP contribution in [0.5, 0.6) is 0 Å². The summed E-state index contributed by atoms with van der Waals surface area (Å²) in [6.45, 7) is 11.3. The fourth-order valence-electron chi connectivity index (χ4n) is 0.666. The van der Waals surface area contributed by atoms with Gasteiger partial charge in [0, 0.05) is 11.0 Å². The molecule has 2 radical (unpaired) electrons. The Morgan fingerprint density at radius 3 is 1.50 bits per heavy atom. The molecule has 0 aliphatic carbocycles. The van der Waals surface area contributed by atoms with E-state index in [9.17, 15) is 4.79 Å². The van der Waals surface area contributed by atoms with Crippen LogP contribution in [0.15, 0.2) is 0 Å². The van der Waals surface area contributed by atoms with Crippen molar-refractivity contribution < 1.29 is 4.79 Å². The first-order chi connectivity index (χ1) is 5.07. The van der Waals surface area contributed by atoms with E-state index in [4.69, 9.17) is 7.98 Å². The first-order valence-corrected chi connectivity index (χ1v) is 4.16. The molecule has 0 heterocycles. The van der Waals surface area contributed by atoms with Crippen molar-refractivity contribution in [1.82, 2.24) is 4.81 Å². The van der Waals surface area contributed by atoms with Crippen LogP contribution in [0, 0.1) is 5.41 Å². The van der Waals surface area contributed by atoms with E-state index < -0.39 is 5.41 Å². The van der Waals surface area contributed by atoms with Crippen molar-refractivity contribution in [3.63, 3.8) is 0 Å². The maximum atomic E-state index is 11.6. The summed E-state index contributed by atoms with van der Waals surface area (Å²) in [5, 5.41) is 0. The second-order valence-corrected chi connectivity index (χ2v) is 5.10. The average Bonchev–Trinajstić information content (AvgIpc) is 1.80. The Labute approximate surface area is 76.8 Å². The summed E-state index contributed by atoms with van der Waals surface area (Å²) in [5.74, 6) is -0.0324. The Kier molecular flexibility index (Phi) is 2.99. The van der Waals surface area contributed by atoms with Gasteiger partial charge in [0.1, 0.15) is 0 Å². The summed E-state index contributed by atoms with van der Waals surface area (Å²) < 4.78 is 0. The second-order valence-electron chi connectivity index (χ2n) is 5.10. The number of carbonyl (C=O) groups excluding carboxylic acids is 1. The number of carbonyl (C=O) groups is 1. The second kappa shape index (κ2) is 3.12. The van der Waals surface area contributed by atoms with Gasteiger partial charge in [-0.15, -0.1) is 0 Å². The Hall–Kier alpha value is -0.465. The number of nitrogens with zero attached hydrogens (tertiary/aromatic N) is 1. The van der Waals surface area contributed by atoms with Crippen LogP contribution in [0.2, 0.25) is 0 Å². The van der Waals surface area contributed by atoms with E-state index >= 15 is 0 Å². The van der Waals surface area contributed by atoms with Crippen molar-refractivity contribution in [3.8, 4) is 0 Å². The van der Waals surface area contributed by atoms with Gasteiger partial charge in [0.05, 0.1) is 0 Å². The lowest BCUT2D eigenvalue weighted by molar-refractivity contribution is -0.137. The third-order valence-electron chi connectivity index (χ3n) is 1.58. The van der Waals surface area contributed by atoms with Gasteiger partial charge in [-0.1, -0.05) is 20.8 Å². The Balaban J connectivity index is 4.53. The van der Waals surface area contributed by atoms with Crippen molar-refractivity contribution in [1.29, 1.82) is 0 Å². The van der Waals surface area contributed by atoms with E-state index in [1.807, 2.05) is 41.5 Å². The van der Waals surface area contributed by atoms with Crippen LogP contribution in [0.3, 0.4) is 0 Å². The topological polar surface area (TPSA) is 20.3 Å². The molecule has 0 atom stereocenters. The van der Waals surface area contributed by atoms with Crippen LogP contribution in [-0.4, -0.2) is 24.2 Å². The van der Waals surface area contributed by atoms with Gasteiger partial charge < -0.3 is 4.81 Å². The molecule has 1 amide bonds. The third-order valence-corrected chi connectivity index (χ3v) is 1.58. The van der Waals surface area contributed by atoms with Crippen LogP contribution in [0.1, 0.15) is 41.5 Å². The highest BCUT2D eigenvalue weighted by Gasteiger charge is 2.30. The average molecular weight is 167 g/mol. The van der Waals surface area contributed by atoms with Crippen molar-refractivity contribution in [2.45, 2.75) is 47.1 Å². The van der Waals surface area contributed by atoms with Crippen LogP contribution in [-0.2, 0) is 4.79 Å². The lowest BCUT2D eigenvalue weighted by Crippen LogP contribution is -2.48. The molecule has 0 saturated carbocycles. The van der Waals surface area contributed by atoms with Gasteiger partial charge in [-0.05, 0) is 20.8 Å². The quantitative estimate of drug-likeness (QED) is 0.503. The lowest BCUT2D eigenvalue weighted by atomic mass is 9.89. The summed E-state index contributed by atoms with van der Waals surface area (Å²) in [6.07, 6.45) is 0. The molecule has 0 rings (SSSR count).